The third-order valence-corrected chi connectivity index (χ3v) is 7.00. The topological polar surface area (TPSA) is 52.6 Å². The zero-order valence-electron chi connectivity index (χ0n) is 20.1. The van der Waals surface area contributed by atoms with Crippen LogP contribution < -0.4 is 10.2 Å². The van der Waals surface area contributed by atoms with Crippen LogP contribution in [0.15, 0.2) is 84.9 Å². The first kappa shape index (κ1) is 24.8. The van der Waals surface area contributed by atoms with Crippen molar-refractivity contribution in [2.45, 2.75) is 26.3 Å². The van der Waals surface area contributed by atoms with Crippen LogP contribution in [0, 0.1) is 12.8 Å². The maximum atomic E-state index is 11.7. The highest BCUT2D eigenvalue weighted by Gasteiger charge is 2.26. The molecule has 0 saturated carbocycles. The number of halogens is 1. The quantitative estimate of drug-likeness (QED) is 0.310. The van der Waals surface area contributed by atoms with Crippen molar-refractivity contribution in [1.29, 1.82) is 0 Å². The van der Waals surface area contributed by atoms with E-state index in [4.69, 9.17) is 0 Å². The molecule has 5 rings (SSSR count). The van der Waals surface area contributed by atoms with Crippen LogP contribution in [0.3, 0.4) is 0 Å². The predicted octanol–water partition coefficient (Wildman–Crippen LogP) is 6.93. The Morgan fingerprint density at radius 3 is 2.60 bits per heavy atom. The van der Waals surface area contributed by atoms with Crippen molar-refractivity contribution < 1.29 is 9.90 Å². The fourth-order valence-corrected chi connectivity index (χ4v) is 5.15. The van der Waals surface area contributed by atoms with Gasteiger partial charge in [0, 0.05) is 30.5 Å². The Morgan fingerprint density at radius 2 is 1.77 bits per heavy atom. The molecule has 35 heavy (non-hydrogen) atoms. The van der Waals surface area contributed by atoms with E-state index in [1.165, 1.54) is 27.6 Å². The lowest BCUT2D eigenvalue weighted by Crippen LogP contribution is -2.38. The van der Waals surface area contributed by atoms with E-state index in [1.54, 1.807) is 0 Å². The van der Waals surface area contributed by atoms with Crippen LogP contribution in [0.4, 0.5) is 11.4 Å². The van der Waals surface area contributed by atoms with Gasteiger partial charge < -0.3 is 15.3 Å². The van der Waals surface area contributed by atoms with E-state index in [0.29, 0.717) is 11.5 Å². The van der Waals surface area contributed by atoms with Gasteiger partial charge in [-0.15, -0.1) is 12.4 Å². The first-order valence-electron chi connectivity index (χ1n) is 11.9. The van der Waals surface area contributed by atoms with Gasteiger partial charge in [0.15, 0.2) is 0 Å². The van der Waals surface area contributed by atoms with Crippen LogP contribution >= 0.6 is 12.4 Å². The highest BCUT2D eigenvalue weighted by Crippen LogP contribution is 2.36. The molecule has 0 saturated heterocycles. The molecule has 1 aliphatic rings. The number of hydrogen-bond acceptors (Lipinski definition) is 3. The summed E-state index contributed by atoms with van der Waals surface area (Å²) in [5.74, 6) is -0.478. The Bertz CT molecular complexity index is 1350. The molecular weight excluding hydrogens is 456 g/mol. The van der Waals surface area contributed by atoms with Gasteiger partial charge in [-0.2, -0.15) is 0 Å². The van der Waals surface area contributed by atoms with Gasteiger partial charge in [-0.3, -0.25) is 0 Å². The van der Waals surface area contributed by atoms with Crippen molar-refractivity contribution in [2.75, 3.05) is 18.0 Å². The minimum absolute atomic E-state index is 0. The number of nitrogens with one attached hydrogen (secondary N) is 1. The van der Waals surface area contributed by atoms with Crippen LogP contribution in [-0.4, -0.2) is 24.2 Å². The Kier molecular flexibility index (Phi) is 7.44. The van der Waals surface area contributed by atoms with Gasteiger partial charge >= 0.3 is 5.97 Å². The Labute approximate surface area is 213 Å². The maximum Gasteiger partial charge on any atom is 0.336 e. The number of aromatic carboxylic acids is 1. The molecule has 180 valence electrons. The van der Waals surface area contributed by atoms with Crippen molar-refractivity contribution >= 4 is 40.5 Å². The lowest BCUT2D eigenvalue weighted by Gasteiger charge is -2.37. The fraction of sp³-hybridized carbons (Fsp3) is 0.233. The van der Waals surface area contributed by atoms with Crippen LogP contribution in [0.25, 0.3) is 10.8 Å². The summed E-state index contributed by atoms with van der Waals surface area (Å²) in [6.45, 7) is 5.80. The summed E-state index contributed by atoms with van der Waals surface area (Å²) in [4.78, 5) is 14.0. The number of para-hydroxylation sites is 1. The standard InChI is InChI=1S/C30H30N2O2.ClH/c1-20-14-15-25(17-28(20)30(33)34)32-19-22(16-24-9-4-6-13-29(24)32)18-31-21(2)26-12-7-10-23-8-3-5-11-27(23)26;/h3-15,17,21-22,31H,16,18-19H2,1-2H3,(H,33,34);1H/t21-,22?;/m1./s1. The number of anilines is 2. The molecule has 1 heterocycles. The molecule has 2 N–H and O–H groups in total. The van der Waals surface area contributed by atoms with Gasteiger partial charge in [0.2, 0.25) is 0 Å². The summed E-state index contributed by atoms with van der Waals surface area (Å²) in [5, 5.41) is 16.0. The molecule has 1 unspecified atom stereocenters. The van der Waals surface area contributed by atoms with E-state index in [0.717, 1.165) is 30.8 Å². The molecule has 0 amide bonds. The van der Waals surface area contributed by atoms with E-state index in [2.05, 4.69) is 83.9 Å². The third kappa shape index (κ3) is 5.04. The van der Waals surface area contributed by atoms with Crippen LogP contribution in [0.2, 0.25) is 0 Å². The summed E-state index contributed by atoms with van der Waals surface area (Å²) >= 11 is 0. The summed E-state index contributed by atoms with van der Waals surface area (Å²) in [6.07, 6.45) is 1.000. The Morgan fingerprint density at radius 1 is 1.03 bits per heavy atom. The molecule has 4 aromatic rings. The van der Waals surface area contributed by atoms with Gasteiger partial charge in [-0.1, -0.05) is 66.7 Å². The first-order chi connectivity index (χ1) is 16.5. The molecule has 2 atom stereocenters. The minimum atomic E-state index is -0.883. The van der Waals surface area contributed by atoms with Crippen molar-refractivity contribution in [1.82, 2.24) is 5.32 Å². The number of carboxylic acids is 1. The molecule has 4 nitrogen and oxygen atoms in total. The normalized spacial score (nSPS) is 15.8. The predicted molar refractivity (Wildman–Crippen MR) is 146 cm³/mol. The highest BCUT2D eigenvalue weighted by molar-refractivity contribution is 5.91. The lowest BCUT2D eigenvalue weighted by atomic mass is 9.91. The highest BCUT2D eigenvalue weighted by atomic mass is 35.5. The molecule has 0 aliphatic carbocycles. The average Bonchev–Trinajstić information content (AvgIpc) is 2.86. The van der Waals surface area contributed by atoms with Crippen LogP contribution in [0.1, 0.15) is 40.0 Å². The second kappa shape index (κ2) is 10.5. The molecular formula is C30H31ClN2O2. The number of fused-ring (bicyclic) bond motifs is 2. The number of rotatable bonds is 6. The first-order valence-corrected chi connectivity index (χ1v) is 11.9. The van der Waals surface area contributed by atoms with Crippen molar-refractivity contribution in [3.05, 3.63) is 107 Å². The maximum absolute atomic E-state index is 11.7. The molecule has 0 fully saturated rings. The van der Waals surface area contributed by atoms with Gasteiger partial charge in [0.05, 0.1) is 5.56 Å². The zero-order valence-corrected chi connectivity index (χ0v) is 20.9. The molecule has 0 aromatic heterocycles. The third-order valence-electron chi connectivity index (χ3n) is 7.00. The van der Waals surface area contributed by atoms with E-state index in [-0.39, 0.29) is 18.4 Å². The lowest BCUT2D eigenvalue weighted by molar-refractivity contribution is 0.0696. The van der Waals surface area contributed by atoms with E-state index in [9.17, 15) is 9.90 Å². The number of hydrogen-bond donors (Lipinski definition) is 2. The van der Waals surface area contributed by atoms with E-state index >= 15 is 0 Å². The number of carboxylic acid groups (broad SMARTS) is 1. The summed E-state index contributed by atoms with van der Waals surface area (Å²) < 4.78 is 0. The smallest absolute Gasteiger partial charge is 0.336 e. The Hall–Kier alpha value is -3.34. The van der Waals surface area contributed by atoms with Gasteiger partial charge in [0.25, 0.3) is 0 Å². The van der Waals surface area contributed by atoms with Crippen LogP contribution in [-0.2, 0) is 6.42 Å². The fourth-order valence-electron chi connectivity index (χ4n) is 5.15. The molecule has 1 aliphatic heterocycles. The minimum Gasteiger partial charge on any atom is -0.478 e. The molecule has 0 radical (unpaired) electrons. The van der Waals surface area contributed by atoms with E-state index < -0.39 is 5.97 Å². The molecule has 5 heteroatoms. The molecule has 0 spiro atoms. The van der Waals surface area contributed by atoms with Crippen molar-refractivity contribution in [2.24, 2.45) is 5.92 Å². The number of carbonyl (C=O) groups is 1. The van der Waals surface area contributed by atoms with Crippen molar-refractivity contribution in [3.63, 3.8) is 0 Å². The second-order valence-corrected chi connectivity index (χ2v) is 9.31. The molecule has 4 aromatic carbocycles. The zero-order chi connectivity index (χ0) is 23.7. The van der Waals surface area contributed by atoms with Crippen LogP contribution in [0.5, 0.6) is 0 Å². The number of nitrogens with zero attached hydrogens (tertiary/aromatic N) is 1. The van der Waals surface area contributed by atoms with Crippen molar-refractivity contribution in [3.8, 4) is 0 Å². The van der Waals surface area contributed by atoms with Gasteiger partial charge in [-0.25, -0.2) is 4.79 Å². The SMILES string of the molecule is Cc1ccc(N2CC(CN[C@H](C)c3cccc4ccccc34)Cc3ccccc32)cc1C(=O)O.Cl. The summed E-state index contributed by atoms with van der Waals surface area (Å²) in [5.41, 5.74) is 5.86. The van der Waals surface area contributed by atoms with Gasteiger partial charge in [-0.05, 0) is 71.8 Å². The second-order valence-electron chi connectivity index (χ2n) is 9.31. The Balaban J connectivity index is 0.00000289. The average molecular weight is 487 g/mol. The summed E-state index contributed by atoms with van der Waals surface area (Å²) in [7, 11) is 0. The van der Waals surface area contributed by atoms with E-state index in [1.807, 2.05) is 25.1 Å². The summed E-state index contributed by atoms with van der Waals surface area (Å²) in [6, 6.07) is 29.5. The van der Waals surface area contributed by atoms with Gasteiger partial charge in [0.1, 0.15) is 0 Å². The largest absolute Gasteiger partial charge is 0.478 e. The molecule has 0 bridgehead atoms. The monoisotopic (exact) mass is 486 g/mol. The number of aryl methyl sites for hydroxylation is 1. The number of benzene rings is 4.